The molecule has 0 radical (unpaired) electrons. The summed E-state index contributed by atoms with van der Waals surface area (Å²) in [4.78, 5) is 24.2. The van der Waals surface area contributed by atoms with Gasteiger partial charge in [-0.15, -0.1) is 0 Å². The van der Waals surface area contributed by atoms with Crippen LogP contribution in [0.15, 0.2) is 60.3 Å². The normalized spacial score (nSPS) is 11.0. The van der Waals surface area contributed by atoms with Crippen LogP contribution in [0.3, 0.4) is 0 Å². The van der Waals surface area contributed by atoms with E-state index in [4.69, 9.17) is 9.47 Å². The van der Waals surface area contributed by atoms with Crippen molar-refractivity contribution < 1.29 is 19.1 Å². The van der Waals surface area contributed by atoms with Crippen LogP contribution in [0.5, 0.6) is 5.75 Å². The lowest BCUT2D eigenvalue weighted by Gasteiger charge is -2.05. The average molecular weight is 403 g/mol. The number of hydrogen-bond donors (Lipinski definition) is 1. The van der Waals surface area contributed by atoms with Gasteiger partial charge in [-0.3, -0.25) is 9.59 Å². The molecule has 1 heterocycles. The highest BCUT2D eigenvalue weighted by Gasteiger charge is 2.14. The van der Waals surface area contributed by atoms with Crippen LogP contribution in [0.25, 0.3) is 17.0 Å². The molecule has 0 atom stereocenters. The molecule has 0 bridgehead atoms. The molecule has 0 aliphatic carbocycles. The van der Waals surface area contributed by atoms with Crippen molar-refractivity contribution in [3.63, 3.8) is 0 Å². The minimum absolute atomic E-state index is 0.0236. The molecule has 152 valence electrons. The third-order valence-electron chi connectivity index (χ3n) is 4.62. The number of esters is 1. The smallest absolute Gasteiger partial charge is 0.325 e. The number of carbonyl (C=O) groups is 2. The number of nitriles is 1. The number of fused-ring (bicyclic) bond motifs is 1. The number of rotatable bonds is 7. The van der Waals surface area contributed by atoms with E-state index in [1.807, 2.05) is 42.5 Å². The van der Waals surface area contributed by atoms with Crippen molar-refractivity contribution >= 4 is 28.9 Å². The molecule has 7 heteroatoms. The van der Waals surface area contributed by atoms with Gasteiger partial charge in [0.25, 0.3) is 5.91 Å². The summed E-state index contributed by atoms with van der Waals surface area (Å²) in [5.41, 5.74) is 2.34. The first kappa shape index (κ1) is 20.7. The molecule has 0 saturated heterocycles. The number of nitrogens with zero attached hydrogens (tertiary/aromatic N) is 2. The molecule has 3 aromatic rings. The Labute approximate surface area is 174 Å². The number of amides is 1. The van der Waals surface area contributed by atoms with E-state index in [0.717, 1.165) is 22.2 Å². The van der Waals surface area contributed by atoms with Gasteiger partial charge in [-0.25, -0.2) is 0 Å². The molecule has 0 aliphatic rings. The molecule has 0 fully saturated rings. The van der Waals surface area contributed by atoms with Crippen LogP contribution < -0.4 is 10.1 Å². The number of carbonyl (C=O) groups excluding carboxylic acids is 2. The van der Waals surface area contributed by atoms with Crippen molar-refractivity contribution in [2.45, 2.75) is 13.1 Å². The fraction of sp³-hybridized carbons (Fsp3) is 0.174. The quantitative estimate of drug-likeness (QED) is 0.372. The van der Waals surface area contributed by atoms with Crippen LogP contribution in [0.1, 0.15) is 11.1 Å². The molecule has 3 rings (SSSR count). The summed E-state index contributed by atoms with van der Waals surface area (Å²) >= 11 is 0. The molecule has 2 aromatic carbocycles. The Morgan fingerprint density at radius 2 is 1.87 bits per heavy atom. The van der Waals surface area contributed by atoms with Gasteiger partial charge in [0.1, 0.15) is 23.9 Å². The number of hydrogen-bond acceptors (Lipinski definition) is 5. The maximum atomic E-state index is 12.5. The van der Waals surface area contributed by atoms with Crippen LogP contribution in [0.4, 0.5) is 0 Å². The molecule has 1 N–H and O–H groups in total. The predicted molar refractivity (Wildman–Crippen MR) is 112 cm³/mol. The van der Waals surface area contributed by atoms with Gasteiger partial charge >= 0.3 is 5.97 Å². The first-order valence-electron chi connectivity index (χ1n) is 9.23. The fourth-order valence-electron chi connectivity index (χ4n) is 3.05. The Bertz CT molecular complexity index is 1140. The number of nitrogens with one attached hydrogen (secondary N) is 1. The average Bonchev–Trinajstić information content (AvgIpc) is 3.13. The Morgan fingerprint density at radius 1 is 1.13 bits per heavy atom. The molecular weight excluding hydrogens is 382 g/mol. The van der Waals surface area contributed by atoms with E-state index in [9.17, 15) is 14.9 Å². The molecule has 0 aliphatic heterocycles. The molecule has 0 unspecified atom stereocenters. The van der Waals surface area contributed by atoms with Crippen LogP contribution >= 0.6 is 0 Å². The number of benzene rings is 2. The zero-order chi connectivity index (χ0) is 21.5. The second-order valence-electron chi connectivity index (χ2n) is 6.51. The number of aromatic nitrogens is 1. The third kappa shape index (κ3) is 4.67. The summed E-state index contributed by atoms with van der Waals surface area (Å²) in [7, 11) is 2.92. The zero-order valence-electron chi connectivity index (χ0n) is 16.7. The first-order valence-corrected chi connectivity index (χ1v) is 9.23. The van der Waals surface area contributed by atoms with E-state index in [0.29, 0.717) is 5.56 Å². The lowest BCUT2D eigenvalue weighted by atomic mass is 10.1. The molecule has 30 heavy (non-hydrogen) atoms. The Kier molecular flexibility index (Phi) is 6.50. The molecule has 7 nitrogen and oxygen atoms in total. The molecule has 0 spiro atoms. The second-order valence-corrected chi connectivity index (χ2v) is 6.51. The highest BCUT2D eigenvalue weighted by atomic mass is 16.5. The van der Waals surface area contributed by atoms with E-state index in [1.165, 1.54) is 13.2 Å². The van der Waals surface area contributed by atoms with Gasteiger partial charge in [0, 0.05) is 29.2 Å². The fourth-order valence-corrected chi connectivity index (χ4v) is 3.05. The van der Waals surface area contributed by atoms with Crippen LogP contribution in [0, 0.1) is 11.3 Å². The van der Waals surface area contributed by atoms with Gasteiger partial charge in [0.05, 0.1) is 14.2 Å². The van der Waals surface area contributed by atoms with Crippen molar-refractivity contribution in [2.75, 3.05) is 14.2 Å². The topological polar surface area (TPSA) is 93.4 Å². The Balaban J connectivity index is 1.82. The maximum absolute atomic E-state index is 12.5. The summed E-state index contributed by atoms with van der Waals surface area (Å²) in [6.45, 7) is 0.322. The van der Waals surface area contributed by atoms with Gasteiger partial charge in [0.2, 0.25) is 0 Å². The van der Waals surface area contributed by atoms with Crippen molar-refractivity contribution in [3.05, 3.63) is 71.4 Å². The van der Waals surface area contributed by atoms with Gasteiger partial charge in [-0.05, 0) is 29.8 Å². The number of ether oxygens (including phenoxy) is 2. The lowest BCUT2D eigenvalue weighted by molar-refractivity contribution is -0.141. The van der Waals surface area contributed by atoms with Crippen LogP contribution in [0.2, 0.25) is 0 Å². The van der Waals surface area contributed by atoms with Crippen LogP contribution in [-0.2, 0) is 27.4 Å². The first-order chi connectivity index (χ1) is 14.5. The molecule has 1 aromatic heterocycles. The summed E-state index contributed by atoms with van der Waals surface area (Å²) in [5.74, 6) is -0.131. The Morgan fingerprint density at radius 3 is 2.53 bits per heavy atom. The SMILES string of the molecule is COC(=O)Cn1cc(/C=C(\C#N)C(=O)NCc2ccc(OC)cc2)c2ccccc21. The summed E-state index contributed by atoms with van der Waals surface area (Å²) in [6, 6.07) is 16.7. The second kappa shape index (κ2) is 9.43. The van der Waals surface area contributed by atoms with Gasteiger partial charge in [-0.1, -0.05) is 30.3 Å². The van der Waals surface area contributed by atoms with E-state index >= 15 is 0 Å². The highest BCUT2D eigenvalue weighted by molar-refractivity contribution is 6.04. The highest BCUT2D eigenvalue weighted by Crippen LogP contribution is 2.24. The largest absolute Gasteiger partial charge is 0.497 e. The van der Waals surface area contributed by atoms with Crippen molar-refractivity contribution in [1.29, 1.82) is 5.26 Å². The standard InChI is InChI=1S/C23H21N3O4/c1-29-19-9-7-16(8-10-19)13-25-23(28)17(12-24)11-18-14-26(15-22(27)30-2)21-6-4-3-5-20(18)21/h3-11,14H,13,15H2,1-2H3,(H,25,28)/b17-11+. The monoisotopic (exact) mass is 403 g/mol. The van der Waals surface area contributed by atoms with E-state index in [2.05, 4.69) is 5.32 Å². The van der Waals surface area contributed by atoms with Crippen molar-refractivity contribution in [2.24, 2.45) is 0 Å². The van der Waals surface area contributed by atoms with Crippen molar-refractivity contribution in [3.8, 4) is 11.8 Å². The number of methoxy groups -OCH3 is 2. The third-order valence-corrected chi connectivity index (χ3v) is 4.62. The maximum Gasteiger partial charge on any atom is 0.325 e. The lowest BCUT2D eigenvalue weighted by Crippen LogP contribution is -2.23. The van der Waals surface area contributed by atoms with E-state index in [-0.39, 0.29) is 24.6 Å². The summed E-state index contributed by atoms with van der Waals surface area (Å²) in [5, 5.41) is 13.1. The van der Waals surface area contributed by atoms with Gasteiger partial charge < -0.3 is 19.4 Å². The minimum Gasteiger partial charge on any atom is -0.497 e. The van der Waals surface area contributed by atoms with Crippen LogP contribution in [-0.4, -0.2) is 30.7 Å². The van der Waals surface area contributed by atoms with E-state index in [1.54, 1.807) is 30.0 Å². The Hall–Kier alpha value is -4.05. The van der Waals surface area contributed by atoms with E-state index < -0.39 is 5.91 Å². The van der Waals surface area contributed by atoms with Crippen molar-refractivity contribution in [1.82, 2.24) is 9.88 Å². The van der Waals surface area contributed by atoms with Gasteiger partial charge in [0.15, 0.2) is 0 Å². The zero-order valence-corrected chi connectivity index (χ0v) is 16.7. The number of para-hydroxylation sites is 1. The molecule has 0 saturated carbocycles. The molecule has 1 amide bonds. The predicted octanol–water partition coefficient (Wildman–Crippen LogP) is 3.05. The molecular formula is C23H21N3O4. The summed E-state index contributed by atoms with van der Waals surface area (Å²) in [6.07, 6.45) is 3.26. The van der Waals surface area contributed by atoms with Gasteiger partial charge in [-0.2, -0.15) is 5.26 Å². The summed E-state index contributed by atoms with van der Waals surface area (Å²) < 4.78 is 11.6. The minimum atomic E-state index is -0.474.